The van der Waals surface area contributed by atoms with Gasteiger partial charge in [-0.3, -0.25) is 0 Å². The van der Waals surface area contributed by atoms with E-state index in [0.717, 1.165) is 24.8 Å². The number of nitrogens with one attached hydrogen (secondary N) is 1. The van der Waals surface area contributed by atoms with Gasteiger partial charge in [-0.05, 0) is 36.5 Å². The second-order valence-electron chi connectivity index (χ2n) is 5.80. The fraction of sp³-hybridized carbons (Fsp3) is 0.600. The summed E-state index contributed by atoms with van der Waals surface area (Å²) in [4.78, 5) is 0.209. The van der Waals surface area contributed by atoms with Crippen molar-refractivity contribution in [3.63, 3.8) is 0 Å². The molecule has 1 aromatic carbocycles. The van der Waals surface area contributed by atoms with Crippen molar-refractivity contribution in [3.8, 4) is 0 Å². The molecule has 1 fully saturated rings. The van der Waals surface area contributed by atoms with Crippen molar-refractivity contribution in [3.05, 3.63) is 28.8 Å². The second-order valence-corrected chi connectivity index (χ2v) is 7.92. The first kappa shape index (κ1) is 16.7. The molecule has 0 aromatic heterocycles. The molecule has 2 unspecified atom stereocenters. The van der Waals surface area contributed by atoms with Crippen molar-refractivity contribution in [1.82, 2.24) is 4.72 Å². The molecule has 0 saturated heterocycles. The number of halogens is 1. The molecule has 0 amide bonds. The van der Waals surface area contributed by atoms with Gasteiger partial charge in [-0.15, -0.1) is 0 Å². The number of rotatable bonds is 4. The first-order chi connectivity index (χ1) is 9.94. The Morgan fingerprint density at radius 2 is 2.00 bits per heavy atom. The summed E-state index contributed by atoms with van der Waals surface area (Å²) in [5.74, 6) is 0.362. The average molecular weight is 331 g/mol. The minimum absolute atomic E-state index is 0.00506. The van der Waals surface area contributed by atoms with Gasteiger partial charge in [0.25, 0.3) is 0 Å². The Balaban J connectivity index is 2.19. The highest BCUT2D eigenvalue weighted by Crippen LogP contribution is 2.26. The van der Waals surface area contributed by atoms with Crippen LogP contribution in [0.5, 0.6) is 0 Å². The van der Waals surface area contributed by atoms with Crippen molar-refractivity contribution in [2.24, 2.45) is 11.7 Å². The second kappa shape index (κ2) is 7.09. The van der Waals surface area contributed by atoms with Crippen LogP contribution in [0.25, 0.3) is 0 Å². The minimum atomic E-state index is -3.53. The summed E-state index contributed by atoms with van der Waals surface area (Å²) in [6.45, 7) is 2.41. The fourth-order valence-corrected chi connectivity index (χ4v) is 4.52. The molecule has 1 aliphatic rings. The molecule has 0 spiro atoms. The smallest absolute Gasteiger partial charge is 0.240 e. The van der Waals surface area contributed by atoms with E-state index >= 15 is 0 Å². The lowest BCUT2D eigenvalue weighted by atomic mass is 9.98. The first-order valence-electron chi connectivity index (χ1n) is 7.45. The van der Waals surface area contributed by atoms with E-state index in [-0.39, 0.29) is 10.9 Å². The van der Waals surface area contributed by atoms with Crippen LogP contribution in [0.3, 0.4) is 0 Å². The van der Waals surface area contributed by atoms with Crippen LogP contribution in [0.4, 0.5) is 0 Å². The van der Waals surface area contributed by atoms with Crippen LogP contribution < -0.4 is 10.5 Å². The molecule has 3 N–H and O–H groups in total. The standard InChI is InChI=1S/C15H23ClN2O2S/c1-11-5-3-2-4-6-15(11)18-21(19,20)13-8-7-12(10-17)14(16)9-13/h7-9,11,15,18H,2-6,10,17H2,1H3. The van der Waals surface area contributed by atoms with Crippen LogP contribution >= 0.6 is 11.6 Å². The largest absolute Gasteiger partial charge is 0.326 e. The first-order valence-corrected chi connectivity index (χ1v) is 9.31. The van der Waals surface area contributed by atoms with Gasteiger partial charge in [-0.2, -0.15) is 0 Å². The maximum Gasteiger partial charge on any atom is 0.240 e. The molecule has 0 heterocycles. The third-order valence-electron chi connectivity index (χ3n) is 4.22. The highest BCUT2D eigenvalue weighted by atomic mass is 35.5. The Bertz CT molecular complexity index is 589. The van der Waals surface area contributed by atoms with Gasteiger partial charge < -0.3 is 5.73 Å². The molecule has 0 aliphatic heterocycles. The maximum atomic E-state index is 12.5. The van der Waals surface area contributed by atoms with E-state index in [2.05, 4.69) is 11.6 Å². The summed E-state index contributed by atoms with van der Waals surface area (Å²) in [6.07, 6.45) is 5.40. The Morgan fingerprint density at radius 1 is 1.29 bits per heavy atom. The van der Waals surface area contributed by atoms with Gasteiger partial charge in [-0.1, -0.05) is 43.9 Å². The minimum Gasteiger partial charge on any atom is -0.326 e. The molecule has 1 aromatic rings. The van der Waals surface area contributed by atoms with Gasteiger partial charge in [-0.25, -0.2) is 13.1 Å². The van der Waals surface area contributed by atoms with Crippen LogP contribution in [-0.2, 0) is 16.6 Å². The zero-order chi connectivity index (χ0) is 15.5. The lowest BCUT2D eigenvalue weighted by molar-refractivity contribution is 0.399. The Kier molecular flexibility index (Phi) is 5.66. The SMILES string of the molecule is CC1CCCCCC1NS(=O)(=O)c1ccc(CN)c(Cl)c1. The zero-order valence-corrected chi connectivity index (χ0v) is 13.9. The molecular formula is C15H23ClN2O2S. The van der Waals surface area contributed by atoms with E-state index in [1.807, 2.05) is 0 Å². The van der Waals surface area contributed by atoms with E-state index in [9.17, 15) is 8.42 Å². The van der Waals surface area contributed by atoms with Crippen LogP contribution in [-0.4, -0.2) is 14.5 Å². The third kappa shape index (κ3) is 4.19. The predicted octanol–water partition coefficient (Wildman–Crippen LogP) is 3.05. The van der Waals surface area contributed by atoms with Crippen molar-refractivity contribution in [2.45, 2.75) is 56.5 Å². The molecule has 118 valence electrons. The molecule has 1 aliphatic carbocycles. The molecular weight excluding hydrogens is 308 g/mol. The highest BCUT2D eigenvalue weighted by Gasteiger charge is 2.26. The van der Waals surface area contributed by atoms with Gasteiger partial charge in [0.05, 0.1) is 4.90 Å². The number of nitrogens with two attached hydrogens (primary N) is 1. The summed E-state index contributed by atoms with van der Waals surface area (Å²) in [5, 5.41) is 0.397. The Morgan fingerprint density at radius 3 is 2.67 bits per heavy atom. The lowest BCUT2D eigenvalue weighted by Gasteiger charge is -2.22. The molecule has 0 bridgehead atoms. The van der Waals surface area contributed by atoms with Crippen molar-refractivity contribution in [1.29, 1.82) is 0 Å². The third-order valence-corrected chi connectivity index (χ3v) is 6.06. The Labute approximate surface area is 132 Å². The Hall–Kier alpha value is -0.620. The monoisotopic (exact) mass is 330 g/mol. The normalized spacial score (nSPS) is 23.8. The van der Waals surface area contributed by atoms with Gasteiger partial charge >= 0.3 is 0 Å². The summed E-state index contributed by atoms with van der Waals surface area (Å²) in [7, 11) is -3.53. The van der Waals surface area contributed by atoms with Crippen LogP contribution in [0.1, 0.15) is 44.6 Å². The summed E-state index contributed by atoms with van der Waals surface area (Å²) in [5.41, 5.74) is 6.29. The number of hydrogen-bond donors (Lipinski definition) is 2. The van der Waals surface area contributed by atoms with Gasteiger partial charge in [0.15, 0.2) is 0 Å². The molecule has 6 heteroatoms. The molecule has 4 nitrogen and oxygen atoms in total. The van der Waals surface area contributed by atoms with Gasteiger partial charge in [0.2, 0.25) is 10.0 Å². The number of benzene rings is 1. The molecule has 2 rings (SSSR count). The van der Waals surface area contributed by atoms with E-state index < -0.39 is 10.0 Å². The zero-order valence-electron chi connectivity index (χ0n) is 12.3. The average Bonchev–Trinajstić information content (AvgIpc) is 2.64. The summed E-state index contributed by atoms with van der Waals surface area (Å²) in [6, 6.07) is 4.73. The quantitative estimate of drug-likeness (QED) is 0.833. The maximum absolute atomic E-state index is 12.5. The van der Waals surface area contributed by atoms with Crippen molar-refractivity contribution < 1.29 is 8.42 Å². The molecule has 0 radical (unpaired) electrons. The van der Waals surface area contributed by atoms with Crippen LogP contribution in [0, 0.1) is 5.92 Å². The summed E-state index contributed by atoms with van der Waals surface area (Å²) < 4.78 is 27.9. The van der Waals surface area contributed by atoms with Gasteiger partial charge in [0.1, 0.15) is 0 Å². The van der Waals surface area contributed by atoms with Gasteiger partial charge in [0, 0.05) is 17.6 Å². The highest BCUT2D eigenvalue weighted by molar-refractivity contribution is 7.89. The van der Waals surface area contributed by atoms with Crippen LogP contribution in [0.15, 0.2) is 23.1 Å². The van der Waals surface area contributed by atoms with Crippen LogP contribution in [0.2, 0.25) is 5.02 Å². The topological polar surface area (TPSA) is 72.2 Å². The lowest BCUT2D eigenvalue weighted by Crippen LogP contribution is -2.38. The van der Waals surface area contributed by atoms with E-state index in [1.165, 1.54) is 18.9 Å². The van der Waals surface area contributed by atoms with Crippen molar-refractivity contribution >= 4 is 21.6 Å². The number of sulfonamides is 1. The number of hydrogen-bond acceptors (Lipinski definition) is 3. The molecule has 1 saturated carbocycles. The fourth-order valence-electron chi connectivity index (χ4n) is 2.80. The van der Waals surface area contributed by atoms with E-state index in [4.69, 9.17) is 17.3 Å². The summed E-state index contributed by atoms with van der Waals surface area (Å²) >= 11 is 6.06. The molecule has 2 atom stereocenters. The van der Waals surface area contributed by atoms with E-state index in [1.54, 1.807) is 12.1 Å². The predicted molar refractivity (Wildman–Crippen MR) is 85.7 cm³/mol. The van der Waals surface area contributed by atoms with Crippen molar-refractivity contribution in [2.75, 3.05) is 0 Å². The molecule has 21 heavy (non-hydrogen) atoms. The van der Waals surface area contributed by atoms with E-state index in [0.29, 0.717) is 17.5 Å².